The molecule has 112 valence electrons. The number of carbonyl (C=O) groups excluding carboxylic acids is 1. The van der Waals surface area contributed by atoms with Crippen LogP contribution in [0.4, 0.5) is 13.2 Å². The lowest BCUT2D eigenvalue weighted by Gasteiger charge is -2.14. The van der Waals surface area contributed by atoms with Gasteiger partial charge >= 0.3 is 12.1 Å². The van der Waals surface area contributed by atoms with Crippen molar-refractivity contribution in [3.8, 4) is 12.3 Å². The average molecular weight is 364 g/mol. The van der Waals surface area contributed by atoms with Crippen LogP contribution in [0.3, 0.4) is 0 Å². The molecule has 1 aromatic rings. The number of hydrogen-bond donors (Lipinski definition) is 2. The van der Waals surface area contributed by atoms with Gasteiger partial charge in [0.1, 0.15) is 6.04 Å². The van der Waals surface area contributed by atoms with Gasteiger partial charge in [-0.2, -0.15) is 13.2 Å². The van der Waals surface area contributed by atoms with E-state index in [0.29, 0.717) is 6.07 Å². The van der Waals surface area contributed by atoms with Crippen LogP contribution in [0.25, 0.3) is 0 Å². The molecule has 0 fully saturated rings. The third-order valence-electron chi connectivity index (χ3n) is 2.46. The average Bonchev–Trinajstić information content (AvgIpc) is 2.36. The van der Waals surface area contributed by atoms with Crippen LogP contribution in [0, 0.1) is 12.3 Å². The van der Waals surface area contributed by atoms with E-state index in [1.165, 1.54) is 0 Å². The molecule has 0 saturated carbocycles. The second-order valence-corrected chi connectivity index (χ2v) is 4.82. The van der Waals surface area contributed by atoms with E-state index in [9.17, 15) is 22.8 Å². The van der Waals surface area contributed by atoms with Crippen LogP contribution in [0.15, 0.2) is 22.7 Å². The van der Waals surface area contributed by atoms with Gasteiger partial charge in [0.2, 0.25) is 0 Å². The number of nitrogens with one attached hydrogen (secondary N) is 1. The Bertz CT molecular complexity index is 608. The first kappa shape index (κ1) is 17.0. The molecule has 0 saturated heterocycles. The predicted molar refractivity (Wildman–Crippen MR) is 71.5 cm³/mol. The van der Waals surface area contributed by atoms with Crippen molar-refractivity contribution in [3.63, 3.8) is 0 Å². The minimum Gasteiger partial charge on any atom is -0.480 e. The maximum atomic E-state index is 12.6. The number of carbonyl (C=O) groups is 2. The van der Waals surface area contributed by atoms with Crippen molar-refractivity contribution in [1.82, 2.24) is 5.32 Å². The minimum atomic E-state index is -4.61. The Morgan fingerprint density at radius 2 is 2.05 bits per heavy atom. The smallest absolute Gasteiger partial charge is 0.416 e. The Kier molecular flexibility index (Phi) is 5.38. The molecule has 1 amide bonds. The highest BCUT2D eigenvalue weighted by atomic mass is 79.9. The van der Waals surface area contributed by atoms with Gasteiger partial charge in [-0.1, -0.05) is 0 Å². The number of carboxylic acid groups (broad SMARTS) is 1. The van der Waals surface area contributed by atoms with Crippen LogP contribution >= 0.6 is 15.9 Å². The van der Waals surface area contributed by atoms with Gasteiger partial charge in [-0.25, -0.2) is 4.79 Å². The van der Waals surface area contributed by atoms with E-state index in [2.05, 4.69) is 27.2 Å². The summed E-state index contributed by atoms with van der Waals surface area (Å²) in [6, 6.07) is 1.13. The Morgan fingerprint density at radius 3 is 2.52 bits per heavy atom. The number of alkyl halides is 3. The van der Waals surface area contributed by atoms with Crippen LogP contribution in [-0.2, 0) is 11.0 Å². The van der Waals surface area contributed by atoms with E-state index in [4.69, 9.17) is 11.5 Å². The lowest BCUT2D eigenvalue weighted by Crippen LogP contribution is -2.40. The number of aliphatic carboxylic acids is 1. The van der Waals surface area contributed by atoms with Gasteiger partial charge in [-0.15, -0.1) is 12.3 Å². The highest BCUT2D eigenvalue weighted by molar-refractivity contribution is 9.10. The summed E-state index contributed by atoms with van der Waals surface area (Å²) >= 11 is 2.95. The molecule has 1 rings (SSSR count). The van der Waals surface area contributed by atoms with Crippen molar-refractivity contribution in [2.75, 3.05) is 0 Å². The number of terminal acetylenes is 1. The van der Waals surface area contributed by atoms with Crippen LogP contribution < -0.4 is 5.32 Å². The SMILES string of the molecule is C#CCC(NC(=O)c1cc(C(F)(F)F)ccc1Br)C(=O)O. The molecule has 2 N–H and O–H groups in total. The third-order valence-corrected chi connectivity index (χ3v) is 3.16. The summed E-state index contributed by atoms with van der Waals surface area (Å²) in [5, 5.41) is 10.9. The number of hydrogen-bond acceptors (Lipinski definition) is 2. The Balaban J connectivity index is 3.07. The third kappa shape index (κ3) is 4.49. The zero-order valence-electron chi connectivity index (χ0n) is 10.4. The van der Waals surface area contributed by atoms with E-state index in [-0.39, 0.29) is 16.5 Å². The molecule has 0 spiro atoms. The molecule has 0 bridgehead atoms. The van der Waals surface area contributed by atoms with Crippen LogP contribution in [-0.4, -0.2) is 23.0 Å². The number of amides is 1. The second kappa shape index (κ2) is 6.63. The molecule has 0 heterocycles. The van der Waals surface area contributed by atoms with Gasteiger partial charge in [-0.3, -0.25) is 4.79 Å². The van der Waals surface area contributed by atoms with Gasteiger partial charge in [0.05, 0.1) is 11.1 Å². The summed E-state index contributed by atoms with van der Waals surface area (Å²) in [5.41, 5.74) is -1.34. The standard InChI is InChI=1S/C13H9BrF3NO3/c1-2-3-10(12(20)21)18-11(19)8-6-7(13(15,16)17)4-5-9(8)14/h1,4-6,10H,3H2,(H,18,19)(H,20,21). The fourth-order valence-corrected chi connectivity index (χ4v) is 1.86. The first-order valence-corrected chi connectivity index (χ1v) is 6.30. The number of benzene rings is 1. The lowest BCUT2D eigenvalue weighted by atomic mass is 10.1. The highest BCUT2D eigenvalue weighted by Gasteiger charge is 2.32. The summed E-state index contributed by atoms with van der Waals surface area (Å²) in [4.78, 5) is 22.8. The Labute approximate surface area is 126 Å². The number of rotatable bonds is 4. The minimum absolute atomic E-state index is 0.109. The van der Waals surface area contributed by atoms with Gasteiger partial charge in [0, 0.05) is 10.9 Å². The summed E-state index contributed by atoms with van der Waals surface area (Å²) in [6.45, 7) is 0. The summed E-state index contributed by atoms with van der Waals surface area (Å²) in [6.07, 6.45) is 0.0796. The summed E-state index contributed by atoms with van der Waals surface area (Å²) in [5.74, 6) is -0.264. The molecule has 1 atom stereocenters. The molecule has 0 aromatic heterocycles. The van der Waals surface area contributed by atoms with Crippen molar-refractivity contribution >= 4 is 27.8 Å². The largest absolute Gasteiger partial charge is 0.480 e. The Hall–Kier alpha value is -2.01. The topological polar surface area (TPSA) is 66.4 Å². The molecule has 1 unspecified atom stereocenters. The number of halogens is 4. The first-order valence-electron chi connectivity index (χ1n) is 5.50. The highest BCUT2D eigenvalue weighted by Crippen LogP contribution is 2.31. The second-order valence-electron chi connectivity index (χ2n) is 3.96. The van der Waals surface area contributed by atoms with E-state index in [1.54, 1.807) is 0 Å². The van der Waals surface area contributed by atoms with E-state index in [0.717, 1.165) is 12.1 Å². The molecular weight excluding hydrogens is 355 g/mol. The maximum Gasteiger partial charge on any atom is 0.416 e. The molecule has 0 radical (unpaired) electrons. The molecule has 8 heteroatoms. The fourth-order valence-electron chi connectivity index (χ4n) is 1.43. The molecule has 4 nitrogen and oxygen atoms in total. The zero-order valence-corrected chi connectivity index (χ0v) is 12.0. The predicted octanol–water partition coefficient (Wildman–Crippen LogP) is 2.67. The van der Waals surface area contributed by atoms with Crippen molar-refractivity contribution in [3.05, 3.63) is 33.8 Å². The molecule has 21 heavy (non-hydrogen) atoms. The van der Waals surface area contributed by atoms with Crippen molar-refractivity contribution in [2.45, 2.75) is 18.6 Å². The maximum absolute atomic E-state index is 12.6. The first-order chi connectivity index (χ1) is 9.66. The normalized spacial score (nSPS) is 12.3. The molecule has 0 aliphatic carbocycles. The fraction of sp³-hybridized carbons (Fsp3) is 0.231. The van der Waals surface area contributed by atoms with E-state index in [1.807, 2.05) is 0 Å². The molecule has 0 aliphatic rings. The van der Waals surface area contributed by atoms with Crippen molar-refractivity contribution in [1.29, 1.82) is 0 Å². The monoisotopic (exact) mass is 363 g/mol. The Morgan fingerprint density at radius 1 is 1.43 bits per heavy atom. The van der Waals surface area contributed by atoms with E-state index >= 15 is 0 Å². The van der Waals surface area contributed by atoms with Gasteiger partial charge in [0.15, 0.2) is 0 Å². The lowest BCUT2D eigenvalue weighted by molar-refractivity contribution is -0.139. The van der Waals surface area contributed by atoms with Crippen LogP contribution in [0.5, 0.6) is 0 Å². The quantitative estimate of drug-likeness (QED) is 0.808. The van der Waals surface area contributed by atoms with Crippen LogP contribution in [0.2, 0.25) is 0 Å². The summed E-state index contributed by atoms with van der Waals surface area (Å²) in [7, 11) is 0. The zero-order chi connectivity index (χ0) is 16.2. The summed E-state index contributed by atoms with van der Waals surface area (Å²) < 4.78 is 37.9. The van der Waals surface area contributed by atoms with Crippen molar-refractivity contribution in [2.24, 2.45) is 0 Å². The van der Waals surface area contributed by atoms with Gasteiger partial charge in [0.25, 0.3) is 5.91 Å². The van der Waals surface area contributed by atoms with Gasteiger partial charge < -0.3 is 10.4 Å². The number of carboxylic acids is 1. The van der Waals surface area contributed by atoms with Crippen LogP contribution in [0.1, 0.15) is 22.3 Å². The molecule has 1 aromatic carbocycles. The molecular formula is C13H9BrF3NO3. The molecule has 0 aliphatic heterocycles. The van der Waals surface area contributed by atoms with Gasteiger partial charge in [-0.05, 0) is 34.1 Å². The van der Waals surface area contributed by atoms with E-state index < -0.39 is 29.7 Å². The van der Waals surface area contributed by atoms with Crippen molar-refractivity contribution < 1.29 is 27.9 Å².